The third-order valence-corrected chi connectivity index (χ3v) is 3.25. The quantitative estimate of drug-likeness (QED) is 0.579. The van der Waals surface area contributed by atoms with E-state index in [0.29, 0.717) is 21.8 Å². The maximum atomic E-state index is 11.6. The van der Waals surface area contributed by atoms with Gasteiger partial charge in [-0.05, 0) is 28.1 Å². The normalized spacial score (nSPS) is 17.0. The topological polar surface area (TPSA) is 50.3 Å². The number of anilines is 1. The maximum Gasteiger partial charge on any atom is 0.243 e. The number of hydrogen-bond acceptors (Lipinski definition) is 4. The molecule has 2 heterocycles. The largest absolute Gasteiger partial charge is 0.273 e. The van der Waals surface area contributed by atoms with Gasteiger partial charge in [0.1, 0.15) is 4.60 Å². The molecule has 0 N–H and O–H groups in total. The number of rotatable bonds is 1. The minimum absolute atomic E-state index is 0.172. The predicted molar refractivity (Wildman–Crippen MR) is 61.8 cm³/mol. The van der Waals surface area contributed by atoms with Crippen molar-refractivity contribution in [3.05, 3.63) is 22.9 Å². The van der Waals surface area contributed by atoms with Gasteiger partial charge < -0.3 is 0 Å². The van der Waals surface area contributed by atoms with Crippen LogP contribution >= 0.6 is 27.7 Å². The molecule has 6 heteroatoms. The average Bonchev–Trinajstić information content (AvgIpc) is 2.17. The summed E-state index contributed by atoms with van der Waals surface area (Å²) >= 11 is 4.55. The number of hydrogen-bond donors (Lipinski definition) is 0. The molecule has 0 bridgehead atoms. The minimum Gasteiger partial charge on any atom is -0.273 e. The number of carbonyl (C=O) groups excluding carboxylic acids is 2. The second-order valence-electron chi connectivity index (χ2n) is 2.95. The van der Waals surface area contributed by atoms with Crippen molar-refractivity contribution in [2.45, 2.75) is 0 Å². The first-order valence-electron chi connectivity index (χ1n) is 4.23. The number of aromatic nitrogens is 1. The molecule has 4 nitrogen and oxygen atoms in total. The number of halogens is 1. The molecule has 0 spiro atoms. The summed E-state index contributed by atoms with van der Waals surface area (Å²) in [5.41, 5.74) is 0.576. The van der Waals surface area contributed by atoms with E-state index in [1.54, 1.807) is 18.3 Å². The summed E-state index contributed by atoms with van der Waals surface area (Å²) in [7, 11) is 0. The molecule has 0 atom stereocenters. The van der Waals surface area contributed by atoms with Crippen LogP contribution in [-0.4, -0.2) is 28.3 Å². The Labute approximate surface area is 99.2 Å². The van der Waals surface area contributed by atoms with Gasteiger partial charge in [0, 0.05) is 6.20 Å². The van der Waals surface area contributed by atoms with E-state index in [1.807, 2.05) is 0 Å². The highest BCUT2D eigenvalue weighted by atomic mass is 79.9. The molecule has 0 aromatic carbocycles. The number of amides is 2. The first-order valence-corrected chi connectivity index (χ1v) is 6.18. The van der Waals surface area contributed by atoms with Crippen molar-refractivity contribution in [3.63, 3.8) is 0 Å². The van der Waals surface area contributed by atoms with Crippen molar-refractivity contribution >= 4 is 45.2 Å². The predicted octanol–water partition coefficient (Wildman–Crippen LogP) is 1.45. The Hall–Kier alpha value is -0.880. The third-order valence-electron chi connectivity index (χ3n) is 1.92. The Morgan fingerprint density at radius 1 is 1.33 bits per heavy atom. The van der Waals surface area contributed by atoms with Crippen LogP contribution in [0.2, 0.25) is 0 Å². The molecule has 0 unspecified atom stereocenters. The smallest absolute Gasteiger partial charge is 0.243 e. The summed E-state index contributed by atoms with van der Waals surface area (Å²) in [5, 5.41) is 0. The lowest BCUT2D eigenvalue weighted by Gasteiger charge is -2.24. The van der Waals surface area contributed by atoms with Crippen LogP contribution in [0.5, 0.6) is 0 Å². The Morgan fingerprint density at radius 2 is 2.00 bits per heavy atom. The van der Waals surface area contributed by atoms with Gasteiger partial charge in [0.15, 0.2) is 0 Å². The van der Waals surface area contributed by atoms with E-state index in [9.17, 15) is 9.59 Å². The first-order chi connectivity index (χ1) is 7.18. The molecular weight excluding hydrogens is 280 g/mol. The standard InChI is InChI=1S/C9H7BrN2O2S/c10-7-3-6(1-2-11-7)12-8(13)4-15-5-9(12)14/h1-3H,4-5H2. The Kier molecular flexibility index (Phi) is 3.06. The van der Waals surface area contributed by atoms with E-state index >= 15 is 0 Å². The molecule has 2 rings (SSSR count). The monoisotopic (exact) mass is 286 g/mol. The van der Waals surface area contributed by atoms with Crippen LogP contribution in [0, 0.1) is 0 Å². The van der Waals surface area contributed by atoms with Gasteiger partial charge >= 0.3 is 0 Å². The Morgan fingerprint density at radius 3 is 2.60 bits per heavy atom. The van der Waals surface area contributed by atoms with Crippen molar-refractivity contribution in [1.29, 1.82) is 0 Å². The molecule has 0 saturated carbocycles. The third kappa shape index (κ3) is 2.21. The molecule has 1 aliphatic rings. The van der Waals surface area contributed by atoms with E-state index in [4.69, 9.17) is 0 Å². The van der Waals surface area contributed by atoms with Crippen LogP contribution < -0.4 is 4.90 Å². The zero-order valence-electron chi connectivity index (χ0n) is 7.64. The summed E-state index contributed by atoms with van der Waals surface area (Å²) in [6.45, 7) is 0. The van der Waals surface area contributed by atoms with Crippen LogP contribution in [0.25, 0.3) is 0 Å². The van der Waals surface area contributed by atoms with Gasteiger partial charge in [0.25, 0.3) is 0 Å². The lowest BCUT2D eigenvalue weighted by Crippen LogP contribution is -2.43. The van der Waals surface area contributed by atoms with Crippen molar-refractivity contribution in [3.8, 4) is 0 Å². The SMILES string of the molecule is O=C1CSCC(=O)N1c1ccnc(Br)c1. The van der Waals surface area contributed by atoms with E-state index in [2.05, 4.69) is 20.9 Å². The first kappa shape index (κ1) is 10.6. The van der Waals surface area contributed by atoms with Gasteiger partial charge in [-0.1, -0.05) is 0 Å². The summed E-state index contributed by atoms with van der Waals surface area (Å²) in [6.07, 6.45) is 1.56. The van der Waals surface area contributed by atoms with E-state index in [-0.39, 0.29) is 11.8 Å². The van der Waals surface area contributed by atoms with E-state index in [0.717, 1.165) is 0 Å². The second kappa shape index (κ2) is 4.32. The molecule has 1 saturated heterocycles. The van der Waals surface area contributed by atoms with Crippen molar-refractivity contribution in [2.24, 2.45) is 0 Å². The van der Waals surface area contributed by atoms with Gasteiger partial charge in [0.2, 0.25) is 11.8 Å². The zero-order chi connectivity index (χ0) is 10.8. The molecule has 15 heavy (non-hydrogen) atoms. The summed E-state index contributed by atoms with van der Waals surface area (Å²) in [6, 6.07) is 3.31. The van der Waals surface area contributed by atoms with Crippen LogP contribution in [-0.2, 0) is 9.59 Å². The Bertz CT molecular complexity index is 408. The molecule has 0 radical (unpaired) electrons. The van der Waals surface area contributed by atoms with Crippen LogP contribution in [0.15, 0.2) is 22.9 Å². The molecule has 0 aliphatic carbocycles. The van der Waals surface area contributed by atoms with Crippen molar-refractivity contribution in [1.82, 2.24) is 4.98 Å². The highest BCUT2D eigenvalue weighted by Gasteiger charge is 2.27. The molecule has 1 aliphatic heterocycles. The van der Waals surface area contributed by atoms with Crippen molar-refractivity contribution in [2.75, 3.05) is 16.4 Å². The van der Waals surface area contributed by atoms with Gasteiger partial charge in [-0.3, -0.25) is 9.59 Å². The molecule has 1 aromatic heterocycles. The fraction of sp³-hybridized carbons (Fsp3) is 0.222. The average molecular weight is 287 g/mol. The number of carbonyl (C=O) groups is 2. The van der Waals surface area contributed by atoms with Crippen molar-refractivity contribution < 1.29 is 9.59 Å². The lowest BCUT2D eigenvalue weighted by atomic mass is 10.3. The maximum absolute atomic E-state index is 11.6. The van der Waals surface area contributed by atoms with Gasteiger partial charge in [-0.2, -0.15) is 0 Å². The lowest BCUT2D eigenvalue weighted by molar-refractivity contribution is -0.124. The van der Waals surface area contributed by atoms with Crippen LogP contribution in [0.3, 0.4) is 0 Å². The number of pyridine rings is 1. The van der Waals surface area contributed by atoms with Gasteiger partial charge in [0.05, 0.1) is 17.2 Å². The Balaban J connectivity index is 2.35. The zero-order valence-corrected chi connectivity index (χ0v) is 10.0. The fourth-order valence-electron chi connectivity index (χ4n) is 1.31. The van der Waals surface area contributed by atoms with Gasteiger partial charge in [-0.15, -0.1) is 11.8 Å². The van der Waals surface area contributed by atoms with Gasteiger partial charge in [-0.25, -0.2) is 9.88 Å². The molecule has 1 fully saturated rings. The van der Waals surface area contributed by atoms with E-state index in [1.165, 1.54) is 16.7 Å². The summed E-state index contributed by atoms with van der Waals surface area (Å²) in [5.74, 6) is 0.362. The number of imide groups is 1. The fourth-order valence-corrected chi connectivity index (χ4v) is 2.38. The second-order valence-corrected chi connectivity index (χ2v) is 4.75. The van der Waals surface area contributed by atoms with Crippen LogP contribution in [0.1, 0.15) is 0 Å². The molecular formula is C9H7BrN2O2S. The minimum atomic E-state index is -0.172. The summed E-state index contributed by atoms with van der Waals surface area (Å²) in [4.78, 5) is 28.3. The molecule has 1 aromatic rings. The highest BCUT2D eigenvalue weighted by molar-refractivity contribution is 9.10. The number of nitrogens with zero attached hydrogens (tertiary/aromatic N) is 2. The van der Waals surface area contributed by atoms with Crippen LogP contribution in [0.4, 0.5) is 5.69 Å². The summed E-state index contributed by atoms with van der Waals surface area (Å²) < 4.78 is 0.610. The van der Waals surface area contributed by atoms with E-state index < -0.39 is 0 Å². The molecule has 2 amide bonds. The molecule has 78 valence electrons. The number of thioether (sulfide) groups is 1. The highest BCUT2D eigenvalue weighted by Crippen LogP contribution is 2.22.